The second kappa shape index (κ2) is 6.12. The molecule has 0 spiro atoms. The van der Waals surface area contributed by atoms with Crippen LogP contribution in [0.2, 0.25) is 0 Å². The van der Waals surface area contributed by atoms with Gasteiger partial charge in [-0.2, -0.15) is 0 Å². The van der Waals surface area contributed by atoms with E-state index in [0.29, 0.717) is 18.1 Å². The van der Waals surface area contributed by atoms with E-state index in [2.05, 4.69) is 30.0 Å². The van der Waals surface area contributed by atoms with Gasteiger partial charge in [-0.15, -0.1) is 10.2 Å². The minimum atomic E-state index is -0.163. The van der Waals surface area contributed by atoms with E-state index in [1.54, 1.807) is 29.4 Å². The number of imidazole rings is 1. The van der Waals surface area contributed by atoms with E-state index in [9.17, 15) is 4.79 Å². The fourth-order valence-corrected chi connectivity index (χ4v) is 2.87. The third-order valence-corrected chi connectivity index (χ3v) is 4.66. The number of aryl methyl sites for hydroxylation is 1. The normalized spacial score (nSPS) is 15.1. The highest BCUT2D eigenvalue weighted by Crippen LogP contribution is 2.46. The quantitative estimate of drug-likeness (QED) is 0.734. The Balaban J connectivity index is 1.41. The van der Waals surface area contributed by atoms with Crippen LogP contribution in [0.15, 0.2) is 43.2 Å². The van der Waals surface area contributed by atoms with Crippen LogP contribution in [0, 0.1) is 12.3 Å². The van der Waals surface area contributed by atoms with Crippen LogP contribution in [0.5, 0.6) is 0 Å². The standard InChI is InChI=1S/C17H19N7O/c1-13-18-7-8-23(13)10-17(5-6-17)9-19-16(25)14-3-2-4-15(22-14)24-11-20-21-12-24/h2-4,7-8,11-12H,5-6,9-10H2,1H3,(H,19,25). The molecule has 0 aliphatic heterocycles. The maximum absolute atomic E-state index is 12.5. The zero-order valence-corrected chi connectivity index (χ0v) is 14.0. The lowest BCUT2D eigenvalue weighted by Crippen LogP contribution is -2.33. The van der Waals surface area contributed by atoms with Crippen LogP contribution in [-0.2, 0) is 6.54 Å². The summed E-state index contributed by atoms with van der Waals surface area (Å²) in [6.45, 7) is 3.52. The Morgan fingerprint density at radius 1 is 1.28 bits per heavy atom. The van der Waals surface area contributed by atoms with Gasteiger partial charge in [-0.1, -0.05) is 6.07 Å². The molecule has 3 aromatic heterocycles. The van der Waals surface area contributed by atoms with Crippen molar-refractivity contribution < 1.29 is 4.79 Å². The summed E-state index contributed by atoms with van der Waals surface area (Å²) < 4.78 is 3.81. The molecule has 128 valence electrons. The molecule has 1 saturated carbocycles. The molecule has 0 atom stereocenters. The van der Waals surface area contributed by atoms with E-state index < -0.39 is 0 Å². The number of carbonyl (C=O) groups excluding carboxylic acids is 1. The van der Waals surface area contributed by atoms with E-state index >= 15 is 0 Å². The maximum Gasteiger partial charge on any atom is 0.269 e. The van der Waals surface area contributed by atoms with Crippen molar-refractivity contribution >= 4 is 5.91 Å². The molecule has 25 heavy (non-hydrogen) atoms. The van der Waals surface area contributed by atoms with E-state index in [-0.39, 0.29) is 11.3 Å². The lowest BCUT2D eigenvalue weighted by Gasteiger charge is -2.17. The highest BCUT2D eigenvalue weighted by molar-refractivity contribution is 5.92. The number of nitrogens with zero attached hydrogens (tertiary/aromatic N) is 6. The molecule has 0 bridgehead atoms. The van der Waals surface area contributed by atoms with Crippen molar-refractivity contribution in [3.63, 3.8) is 0 Å². The first-order valence-corrected chi connectivity index (χ1v) is 8.23. The highest BCUT2D eigenvalue weighted by atomic mass is 16.1. The molecule has 3 heterocycles. The zero-order chi connectivity index (χ0) is 17.3. The minimum Gasteiger partial charge on any atom is -0.350 e. The molecule has 0 saturated heterocycles. The van der Waals surface area contributed by atoms with Crippen molar-refractivity contribution in [1.29, 1.82) is 0 Å². The summed E-state index contributed by atoms with van der Waals surface area (Å²) in [6.07, 6.45) is 9.12. The lowest BCUT2D eigenvalue weighted by atomic mass is 10.1. The molecule has 8 nitrogen and oxygen atoms in total. The molecular formula is C17H19N7O. The SMILES string of the molecule is Cc1nccn1CC1(CNC(=O)c2cccc(-n3cnnc3)n2)CC1. The Hall–Kier alpha value is -3.03. The summed E-state index contributed by atoms with van der Waals surface area (Å²) >= 11 is 0. The third kappa shape index (κ3) is 3.28. The second-order valence-electron chi connectivity index (χ2n) is 6.54. The highest BCUT2D eigenvalue weighted by Gasteiger charge is 2.43. The van der Waals surface area contributed by atoms with E-state index in [1.807, 2.05) is 25.4 Å². The Morgan fingerprint density at radius 3 is 2.76 bits per heavy atom. The number of rotatable bonds is 6. The predicted molar refractivity (Wildman–Crippen MR) is 90.1 cm³/mol. The summed E-state index contributed by atoms with van der Waals surface area (Å²) in [7, 11) is 0. The fraction of sp³-hybridized carbons (Fsp3) is 0.353. The molecule has 0 unspecified atom stereocenters. The van der Waals surface area contributed by atoms with E-state index in [1.165, 1.54) is 0 Å². The molecule has 1 amide bonds. The van der Waals surface area contributed by atoms with Gasteiger partial charge in [0.25, 0.3) is 5.91 Å². The minimum absolute atomic E-state index is 0.132. The van der Waals surface area contributed by atoms with Gasteiger partial charge in [0, 0.05) is 30.9 Å². The largest absolute Gasteiger partial charge is 0.350 e. The van der Waals surface area contributed by atoms with Gasteiger partial charge in [0.05, 0.1) is 0 Å². The molecule has 0 aromatic carbocycles. The second-order valence-corrected chi connectivity index (χ2v) is 6.54. The van der Waals surface area contributed by atoms with Gasteiger partial charge < -0.3 is 9.88 Å². The molecule has 3 aromatic rings. The summed E-state index contributed by atoms with van der Waals surface area (Å²) in [5.41, 5.74) is 0.522. The van der Waals surface area contributed by atoms with Gasteiger partial charge in [-0.05, 0) is 31.9 Å². The van der Waals surface area contributed by atoms with Crippen LogP contribution < -0.4 is 5.32 Å². The zero-order valence-electron chi connectivity index (χ0n) is 14.0. The number of hydrogen-bond donors (Lipinski definition) is 1. The number of nitrogens with one attached hydrogen (secondary N) is 1. The van der Waals surface area contributed by atoms with Crippen LogP contribution in [0.3, 0.4) is 0 Å². The van der Waals surface area contributed by atoms with Gasteiger partial charge in [-0.3, -0.25) is 9.36 Å². The smallest absolute Gasteiger partial charge is 0.269 e. The third-order valence-electron chi connectivity index (χ3n) is 4.66. The van der Waals surface area contributed by atoms with Crippen LogP contribution in [0.25, 0.3) is 5.82 Å². The monoisotopic (exact) mass is 337 g/mol. The van der Waals surface area contributed by atoms with Crippen LogP contribution in [0.4, 0.5) is 0 Å². The van der Waals surface area contributed by atoms with Crippen molar-refractivity contribution in [2.45, 2.75) is 26.3 Å². The average Bonchev–Trinajstić information content (AvgIpc) is 3.00. The van der Waals surface area contributed by atoms with Crippen molar-refractivity contribution in [1.82, 2.24) is 34.6 Å². The summed E-state index contributed by atoms with van der Waals surface area (Å²) in [5, 5.41) is 10.5. The van der Waals surface area contributed by atoms with Gasteiger partial charge >= 0.3 is 0 Å². The van der Waals surface area contributed by atoms with Gasteiger partial charge in [-0.25, -0.2) is 9.97 Å². The van der Waals surface area contributed by atoms with Gasteiger partial charge in [0.2, 0.25) is 0 Å². The molecule has 0 radical (unpaired) electrons. The Labute approximate surface area is 144 Å². The topological polar surface area (TPSA) is 90.5 Å². The molecule has 8 heteroatoms. The fourth-order valence-electron chi connectivity index (χ4n) is 2.87. The van der Waals surface area contributed by atoms with Crippen LogP contribution in [-0.4, -0.2) is 41.8 Å². The van der Waals surface area contributed by atoms with Crippen molar-refractivity contribution in [2.24, 2.45) is 5.41 Å². The Kier molecular flexibility index (Phi) is 3.79. The van der Waals surface area contributed by atoms with Gasteiger partial charge in [0.1, 0.15) is 30.0 Å². The molecular weight excluding hydrogens is 318 g/mol. The summed E-state index contributed by atoms with van der Waals surface area (Å²) in [6, 6.07) is 5.33. The first-order valence-electron chi connectivity index (χ1n) is 8.23. The van der Waals surface area contributed by atoms with Crippen molar-refractivity contribution in [3.05, 3.63) is 54.8 Å². The molecule has 4 rings (SSSR count). The first kappa shape index (κ1) is 15.5. The lowest BCUT2D eigenvalue weighted by molar-refractivity contribution is 0.0938. The Bertz CT molecular complexity index is 880. The average molecular weight is 337 g/mol. The van der Waals surface area contributed by atoms with Crippen LogP contribution >= 0.6 is 0 Å². The van der Waals surface area contributed by atoms with Crippen molar-refractivity contribution in [2.75, 3.05) is 6.54 Å². The molecule has 1 aliphatic rings. The number of hydrogen-bond acceptors (Lipinski definition) is 5. The van der Waals surface area contributed by atoms with Crippen LogP contribution in [0.1, 0.15) is 29.2 Å². The first-order chi connectivity index (χ1) is 12.2. The number of amides is 1. The van der Waals surface area contributed by atoms with E-state index in [4.69, 9.17) is 0 Å². The number of carbonyl (C=O) groups is 1. The molecule has 1 aliphatic carbocycles. The number of aromatic nitrogens is 6. The number of pyridine rings is 1. The summed E-state index contributed by atoms with van der Waals surface area (Å²) in [5.74, 6) is 1.46. The summed E-state index contributed by atoms with van der Waals surface area (Å²) in [4.78, 5) is 21.1. The Morgan fingerprint density at radius 2 is 2.08 bits per heavy atom. The molecule has 1 N–H and O–H groups in total. The van der Waals surface area contributed by atoms with Crippen molar-refractivity contribution in [3.8, 4) is 5.82 Å². The predicted octanol–water partition coefficient (Wildman–Crippen LogP) is 1.38. The van der Waals surface area contributed by atoms with Gasteiger partial charge in [0.15, 0.2) is 0 Å². The van der Waals surface area contributed by atoms with E-state index in [0.717, 1.165) is 25.2 Å². The molecule has 1 fully saturated rings. The maximum atomic E-state index is 12.5.